The standard InChI is InChI=1S/C17H24N4O2S.2ClH/c1-24-9-8-14(16-19-12-4-2-3-5-13(12)20-16)21-17(22)15-7-6-11(10-18)23-15;;/h2-5,11,14-15H,6-10,18H2,1H3,(H,19,20)(H,21,22);2*1H/t11-,14?,15+;;/m1../s1. The van der Waals surface area contributed by atoms with Crippen LogP contribution in [0.4, 0.5) is 0 Å². The number of halogens is 2. The third kappa shape index (κ3) is 5.50. The van der Waals surface area contributed by atoms with Crippen molar-refractivity contribution in [3.05, 3.63) is 30.1 Å². The number of para-hydroxylation sites is 2. The van der Waals surface area contributed by atoms with Crippen molar-refractivity contribution in [2.45, 2.75) is 37.5 Å². The van der Waals surface area contributed by atoms with Gasteiger partial charge in [-0.2, -0.15) is 11.8 Å². The zero-order valence-electron chi connectivity index (χ0n) is 14.6. The summed E-state index contributed by atoms with van der Waals surface area (Å²) in [4.78, 5) is 20.5. The molecular weight excluding hydrogens is 395 g/mol. The SMILES string of the molecule is CSCCC(NC(=O)[C@@H]1CC[C@H](CN)O1)c1nc2ccccc2[nH]1.Cl.Cl. The molecule has 0 aliphatic carbocycles. The number of fused-ring (bicyclic) bond motifs is 1. The van der Waals surface area contributed by atoms with Crippen LogP contribution in [0.1, 0.15) is 31.1 Å². The van der Waals surface area contributed by atoms with E-state index in [9.17, 15) is 4.79 Å². The van der Waals surface area contributed by atoms with Crippen LogP contribution in [0.2, 0.25) is 0 Å². The molecule has 0 radical (unpaired) electrons. The number of ether oxygens (including phenoxy) is 1. The molecule has 1 saturated heterocycles. The molecule has 1 aromatic carbocycles. The molecule has 146 valence electrons. The summed E-state index contributed by atoms with van der Waals surface area (Å²) in [5.41, 5.74) is 7.52. The molecule has 1 aromatic heterocycles. The summed E-state index contributed by atoms with van der Waals surface area (Å²) in [6, 6.07) is 7.75. The molecule has 1 amide bonds. The van der Waals surface area contributed by atoms with Gasteiger partial charge in [-0.1, -0.05) is 12.1 Å². The van der Waals surface area contributed by atoms with E-state index in [-0.39, 0.29) is 42.9 Å². The number of H-pyrrole nitrogens is 1. The van der Waals surface area contributed by atoms with Gasteiger partial charge in [0.1, 0.15) is 11.9 Å². The maximum atomic E-state index is 12.5. The van der Waals surface area contributed by atoms with Gasteiger partial charge in [0.15, 0.2) is 0 Å². The van der Waals surface area contributed by atoms with Crippen molar-refractivity contribution in [2.75, 3.05) is 18.6 Å². The molecule has 9 heteroatoms. The minimum absolute atomic E-state index is 0. The monoisotopic (exact) mass is 420 g/mol. The fraction of sp³-hybridized carbons (Fsp3) is 0.529. The Morgan fingerprint density at radius 3 is 2.85 bits per heavy atom. The van der Waals surface area contributed by atoms with Crippen molar-refractivity contribution in [2.24, 2.45) is 5.73 Å². The van der Waals surface area contributed by atoms with Gasteiger partial charge in [-0.15, -0.1) is 24.8 Å². The Kier molecular flexibility index (Phi) is 9.74. The highest BCUT2D eigenvalue weighted by atomic mass is 35.5. The predicted octanol–water partition coefficient (Wildman–Crippen LogP) is 2.82. The smallest absolute Gasteiger partial charge is 0.249 e. The number of hydrogen-bond acceptors (Lipinski definition) is 5. The second kappa shape index (κ2) is 11.0. The molecule has 2 aromatic rings. The molecule has 3 atom stereocenters. The number of hydrogen-bond donors (Lipinski definition) is 3. The normalized spacial score (nSPS) is 20.2. The van der Waals surface area contributed by atoms with Crippen molar-refractivity contribution < 1.29 is 9.53 Å². The van der Waals surface area contributed by atoms with Gasteiger partial charge in [0.25, 0.3) is 0 Å². The summed E-state index contributed by atoms with van der Waals surface area (Å²) in [7, 11) is 0. The van der Waals surface area contributed by atoms with Crippen LogP contribution in [0.3, 0.4) is 0 Å². The largest absolute Gasteiger partial charge is 0.364 e. The molecule has 4 N–H and O–H groups in total. The van der Waals surface area contributed by atoms with E-state index in [1.54, 1.807) is 11.8 Å². The number of rotatable bonds is 7. The molecular formula is C17H26Cl2N4O2S. The van der Waals surface area contributed by atoms with E-state index in [1.165, 1.54) is 0 Å². The fourth-order valence-corrected chi connectivity index (χ4v) is 3.46. The van der Waals surface area contributed by atoms with E-state index in [1.807, 2.05) is 24.3 Å². The lowest BCUT2D eigenvalue weighted by Crippen LogP contribution is -2.38. The maximum Gasteiger partial charge on any atom is 0.249 e. The van der Waals surface area contributed by atoms with Crippen molar-refractivity contribution in [1.29, 1.82) is 0 Å². The van der Waals surface area contributed by atoms with Gasteiger partial charge < -0.3 is 20.8 Å². The first-order valence-corrected chi connectivity index (χ1v) is 9.70. The molecule has 0 saturated carbocycles. The molecule has 2 heterocycles. The first kappa shape index (κ1) is 23.0. The fourth-order valence-electron chi connectivity index (χ4n) is 2.99. The van der Waals surface area contributed by atoms with Gasteiger partial charge in [0, 0.05) is 6.54 Å². The lowest BCUT2D eigenvalue weighted by Gasteiger charge is -2.19. The van der Waals surface area contributed by atoms with E-state index in [2.05, 4.69) is 21.5 Å². The number of imidazole rings is 1. The van der Waals surface area contributed by atoms with Gasteiger partial charge in [-0.3, -0.25) is 4.79 Å². The van der Waals surface area contributed by atoms with Gasteiger partial charge in [0.05, 0.1) is 23.2 Å². The highest BCUT2D eigenvalue weighted by molar-refractivity contribution is 7.98. The zero-order chi connectivity index (χ0) is 16.9. The second-order valence-electron chi connectivity index (χ2n) is 6.04. The Morgan fingerprint density at radius 1 is 1.42 bits per heavy atom. The molecule has 1 aliphatic rings. The quantitative estimate of drug-likeness (QED) is 0.639. The van der Waals surface area contributed by atoms with Gasteiger partial charge in [-0.05, 0) is 43.4 Å². The van der Waals surface area contributed by atoms with Crippen molar-refractivity contribution in [1.82, 2.24) is 15.3 Å². The van der Waals surface area contributed by atoms with Crippen molar-refractivity contribution in [3.8, 4) is 0 Å². The Bertz CT molecular complexity index is 667. The molecule has 0 spiro atoms. The predicted molar refractivity (Wildman–Crippen MR) is 111 cm³/mol. The number of aromatic amines is 1. The van der Waals surface area contributed by atoms with Crippen LogP contribution in [0, 0.1) is 0 Å². The maximum absolute atomic E-state index is 12.5. The summed E-state index contributed by atoms with van der Waals surface area (Å²) in [5, 5.41) is 3.10. The second-order valence-corrected chi connectivity index (χ2v) is 7.03. The number of amides is 1. The minimum atomic E-state index is -0.403. The molecule has 0 bridgehead atoms. The molecule has 6 nitrogen and oxygen atoms in total. The highest BCUT2D eigenvalue weighted by Crippen LogP contribution is 2.23. The van der Waals surface area contributed by atoms with Crippen molar-refractivity contribution in [3.63, 3.8) is 0 Å². The number of carbonyl (C=O) groups is 1. The Labute approximate surface area is 170 Å². The Morgan fingerprint density at radius 2 is 2.19 bits per heavy atom. The third-order valence-electron chi connectivity index (χ3n) is 4.33. The molecule has 1 aliphatic heterocycles. The first-order valence-electron chi connectivity index (χ1n) is 8.30. The van der Waals surface area contributed by atoms with Crippen LogP contribution in [0.5, 0.6) is 0 Å². The number of benzene rings is 1. The van der Waals surface area contributed by atoms with Crippen LogP contribution in [0.15, 0.2) is 24.3 Å². The number of aromatic nitrogens is 2. The van der Waals surface area contributed by atoms with Gasteiger partial charge in [0.2, 0.25) is 5.91 Å². The third-order valence-corrected chi connectivity index (χ3v) is 4.97. The van der Waals surface area contributed by atoms with Crippen LogP contribution >= 0.6 is 36.6 Å². The molecule has 1 unspecified atom stereocenters. The molecule has 26 heavy (non-hydrogen) atoms. The summed E-state index contributed by atoms with van der Waals surface area (Å²) in [6.07, 6.45) is 4.04. The van der Waals surface area contributed by atoms with Crippen LogP contribution in [-0.2, 0) is 9.53 Å². The number of carbonyl (C=O) groups excluding carboxylic acids is 1. The number of thioether (sulfide) groups is 1. The lowest BCUT2D eigenvalue weighted by molar-refractivity contribution is -0.132. The summed E-state index contributed by atoms with van der Waals surface area (Å²) in [6.45, 7) is 0.462. The average Bonchev–Trinajstić information content (AvgIpc) is 3.24. The first-order chi connectivity index (χ1) is 11.7. The van der Waals surface area contributed by atoms with Gasteiger partial charge >= 0.3 is 0 Å². The summed E-state index contributed by atoms with van der Waals surface area (Å²) in [5.74, 6) is 1.67. The number of nitrogens with two attached hydrogens (primary N) is 1. The number of nitrogens with one attached hydrogen (secondary N) is 2. The van der Waals surface area contributed by atoms with E-state index in [0.29, 0.717) is 6.54 Å². The van der Waals surface area contributed by atoms with Crippen LogP contribution in [-0.4, -0.2) is 46.6 Å². The summed E-state index contributed by atoms with van der Waals surface area (Å²) >= 11 is 1.75. The summed E-state index contributed by atoms with van der Waals surface area (Å²) < 4.78 is 5.70. The lowest BCUT2D eigenvalue weighted by atomic mass is 10.1. The van der Waals surface area contributed by atoms with E-state index >= 15 is 0 Å². The minimum Gasteiger partial charge on any atom is -0.364 e. The van der Waals surface area contributed by atoms with Crippen LogP contribution < -0.4 is 11.1 Å². The average molecular weight is 421 g/mol. The molecule has 3 rings (SSSR count). The van der Waals surface area contributed by atoms with Gasteiger partial charge in [-0.25, -0.2) is 4.98 Å². The highest BCUT2D eigenvalue weighted by Gasteiger charge is 2.31. The molecule has 1 fully saturated rings. The Balaban J connectivity index is 0.00000169. The topological polar surface area (TPSA) is 93.0 Å². The Hall–Kier alpha value is -0.990. The van der Waals surface area contributed by atoms with Crippen LogP contribution in [0.25, 0.3) is 11.0 Å². The zero-order valence-corrected chi connectivity index (χ0v) is 17.1. The van der Waals surface area contributed by atoms with E-state index in [0.717, 1.165) is 41.9 Å². The number of nitrogens with zero attached hydrogens (tertiary/aromatic N) is 1. The van der Waals surface area contributed by atoms with Crippen molar-refractivity contribution >= 4 is 53.5 Å². The van der Waals surface area contributed by atoms with E-state index < -0.39 is 6.10 Å². The van der Waals surface area contributed by atoms with E-state index in [4.69, 9.17) is 10.5 Å².